The molecule has 0 aliphatic carbocycles. The van der Waals surface area contributed by atoms with Crippen LogP contribution in [0.25, 0.3) is 0 Å². The molecule has 4 heterocycles. The van der Waals surface area contributed by atoms with Gasteiger partial charge >= 0.3 is 0 Å². The van der Waals surface area contributed by atoms with E-state index in [2.05, 4.69) is 32.3 Å². The average Bonchev–Trinajstić information content (AvgIpc) is 3.21. The van der Waals surface area contributed by atoms with E-state index < -0.39 is 0 Å². The van der Waals surface area contributed by atoms with Gasteiger partial charge in [-0.3, -0.25) is 15.1 Å². The number of hydrogen-bond acceptors (Lipinski definition) is 6. The number of nitriles is 1. The highest BCUT2D eigenvalue weighted by atomic mass is 16.2. The van der Waals surface area contributed by atoms with E-state index in [1.807, 2.05) is 23.2 Å². The standard InChI is InChI=1S/C16H19N7O/c1-10-4-7-22(14(24)2-5-17)9-11(10)16-21-20-13-8-19-15-12(23(13)16)3-6-18-15/h3,6,8,10-11,16,18,21H,2,4,7,9H2,1H3/t10-,11+,16?/m1/s1. The van der Waals surface area contributed by atoms with Gasteiger partial charge in [0.15, 0.2) is 11.7 Å². The van der Waals surface area contributed by atoms with Crippen LogP contribution in [-0.2, 0) is 4.79 Å². The molecule has 2 N–H and O–H groups in total. The van der Waals surface area contributed by atoms with E-state index >= 15 is 0 Å². The van der Waals surface area contributed by atoms with Crippen LogP contribution in [0.1, 0.15) is 19.8 Å². The van der Waals surface area contributed by atoms with Gasteiger partial charge in [-0.05, 0) is 18.4 Å². The summed E-state index contributed by atoms with van der Waals surface area (Å²) in [4.78, 5) is 23.6. The molecule has 124 valence electrons. The number of anilines is 1. The maximum Gasteiger partial charge on any atom is 0.236 e. The van der Waals surface area contributed by atoms with Crippen LogP contribution in [0.2, 0.25) is 0 Å². The summed E-state index contributed by atoms with van der Waals surface area (Å²) in [7, 11) is 0. The van der Waals surface area contributed by atoms with Crippen molar-refractivity contribution >= 4 is 29.5 Å². The second-order valence-corrected chi connectivity index (χ2v) is 6.49. The van der Waals surface area contributed by atoms with E-state index in [1.165, 1.54) is 0 Å². The molecule has 8 heteroatoms. The Morgan fingerprint density at radius 2 is 2.42 bits per heavy atom. The predicted octanol–water partition coefficient (Wildman–Crippen LogP) is 1.18. The minimum absolute atomic E-state index is 0.0195. The molecule has 3 atom stereocenters. The molecule has 0 radical (unpaired) electrons. The third-order valence-electron chi connectivity index (χ3n) is 5.11. The Bertz CT molecular complexity index is 759. The van der Waals surface area contributed by atoms with Crippen molar-refractivity contribution in [1.29, 1.82) is 5.26 Å². The number of hydrogen-bond donors (Lipinski definition) is 2. The predicted molar refractivity (Wildman–Crippen MR) is 89.9 cm³/mol. The van der Waals surface area contributed by atoms with Crippen LogP contribution in [0, 0.1) is 23.2 Å². The first-order valence-corrected chi connectivity index (χ1v) is 8.17. The Balaban J connectivity index is 1.58. The van der Waals surface area contributed by atoms with Crippen LogP contribution >= 0.6 is 0 Å². The number of amidine groups is 1. The summed E-state index contributed by atoms with van der Waals surface area (Å²) >= 11 is 0. The largest absolute Gasteiger partial charge is 0.345 e. The smallest absolute Gasteiger partial charge is 0.236 e. The van der Waals surface area contributed by atoms with Crippen LogP contribution in [0.3, 0.4) is 0 Å². The van der Waals surface area contributed by atoms with Crippen LogP contribution in [0.4, 0.5) is 11.5 Å². The molecular weight excluding hydrogens is 306 g/mol. The molecule has 1 fully saturated rings. The number of nitrogens with zero attached hydrogens (tertiary/aromatic N) is 5. The van der Waals surface area contributed by atoms with E-state index in [9.17, 15) is 4.79 Å². The maximum atomic E-state index is 12.1. The first kappa shape index (κ1) is 14.8. The summed E-state index contributed by atoms with van der Waals surface area (Å²) in [6.07, 6.45) is 4.47. The van der Waals surface area contributed by atoms with E-state index in [0.29, 0.717) is 12.5 Å². The Kier molecular flexibility index (Phi) is 3.49. The number of aromatic amines is 1. The molecule has 0 saturated carbocycles. The van der Waals surface area contributed by atoms with Gasteiger partial charge in [-0.1, -0.05) is 6.92 Å². The van der Waals surface area contributed by atoms with Gasteiger partial charge < -0.3 is 9.88 Å². The van der Waals surface area contributed by atoms with Gasteiger partial charge in [0.2, 0.25) is 5.91 Å². The Morgan fingerprint density at radius 1 is 1.54 bits per heavy atom. The second-order valence-electron chi connectivity index (χ2n) is 6.49. The van der Waals surface area contributed by atoms with Crippen molar-refractivity contribution in [2.24, 2.45) is 21.9 Å². The van der Waals surface area contributed by atoms with E-state index in [1.54, 1.807) is 6.21 Å². The molecule has 0 aromatic carbocycles. The van der Waals surface area contributed by atoms with E-state index in [0.717, 1.165) is 30.3 Å². The Labute approximate surface area is 139 Å². The number of H-pyrrole nitrogens is 1. The number of piperidine rings is 1. The topological polar surface area (TPSA) is 99.9 Å². The summed E-state index contributed by atoms with van der Waals surface area (Å²) in [5.74, 6) is 2.20. The highest BCUT2D eigenvalue weighted by Gasteiger charge is 2.42. The SMILES string of the molecule is C[C@@H]1CCN(C(=O)CC#N)C[C@@H]1C1NN=C2C=Nc3[nH]ccc3N21. The summed E-state index contributed by atoms with van der Waals surface area (Å²) in [6, 6.07) is 3.95. The first-order chi connectivity index (χ1) is 11.7. The minimum atomic E-state index is -0.0870. The molecule has 1 aromatic rings. The Morgan fingerprint density at radius 3 is 3.25 bits per heavy atom. The minimum Gasteiger partial charge on any atom is -0.345 e. The lowest BCUT2D eigenvalue weighted by atomic mass is 9.84. The molecular formula is C16H19N7O. The van der Waals surface area contributed by atoms with Gasteiger partial charge in [-0.15, -0.1) is 0 Å². The fourth-order valence-electron chi connectivity index (χ4n) is 3.73. The lowest BCUT2D eigenvalue weighted by molar-refractivity contribution is -0.132. The van der Waals surface area contributed by atoms with Crippen molar-refractivity contribution in [3.8, 4) is 6.07 Å². The van der Waals surface area contributed by atoms with E-state index in [-0.39, 0.29) is 24.4 Å². The molecule has 1 unspecified atom stereocenters. The summed E-state index contributed by atoms with van der Waals surface area (Å²) in [6.45, 7) is 3.57. The molecule has 1 amide bonds. The van der Waals surface area contributed by atoms with Crippen molar-refractivity contribution in [3.63, 3.8) is 0 Å². The quantitative estimate of drug-likeness (QED) is 0.852. The lowest BCUT2D eigenvalue weighted by Crippen LogP contribution is -2.55. The molecule has 3 aliphatic rings. The fourth-order valence-corrected chi connectivity index (χ4v) is 3.73. The number of fused-ring (bicyclic) bond motifs is 3. The number of aromatic nitrogens is 1. The third kappa shape index (κ3) is 2.24. The number of hydrazone groups is 1. The highest BCUT2D eigenvalue weighted by molar-refractivity contribution is 6.38. The number of nitrogens with one attached hydrogen (secondary N) is 2. The number of carbonyl (C=O) groups is 1. The number of aliphatic imine (C=N–C) groups is 1. The van der Waals surface area contributed by atoms with Gasteiger partial charge in [-0.2, -0.15) is 10.4 Å². The molecule has 24 heavy (non-hydrogen) atoms. The Hall–Kier alpha value is -2.82. The van der Waals surface area contributed by atoms with Crippen LogP contribution < -0.4 is 10.3 Å². The summed E-state index contributed by atoms with van der Waals surface area (Å²) in [5.41, 5.74) is 4.23. The summed E-state index contributed by atoms with van der Waals surface area (Å²) < 4.78 is 0. The van der Waals surface area contributed by atoms with Gasteiger partial charge in [0.25, 0.3) is 0 Å². The van der Waals surface area contributed by atoms with Crippen LogP contribution in [0.15, 0.2) is 22.4 Å². The summed E-state index contributed by atoms with van der Waals surface area (Å²) in [5, 5.41) is 13.2. The number of amides is 1. The number of carbonyl (C=O) groups excluding carboxylic acids is 1. The zero-order chi connectivity index (χ0) is 16.7. The van der Waals surface area contributed by atoms with Crippen LogP contribution in [-0.4, -0.2) is 47.1 Å². The fraction of sp³-hybridized carbons (Fsp3) is 0.500. The third-order valence-corrected chi connectivity index (χ3v) is 5.11. The highest BCUT2D eigenvalue weighted by Crippen LogP contribution is 2.37. The van der Waals surface area contributed by atoms with Crippen molar-refractivity contribution in [2.45, 2.75) is 25.9 Å². The molecule has 0 bridgehead atoms. The van der Waals surface area contributed by atoms with Crippen molar-refractivity contribution in [3.05, 3.63) is 12.3 Å². The molecule has 8 nitrogen and oxygen atoms in total. The second kappa shape index (κ2) is 5.67. The van der Waals surface area contributed by atoms with E-state index in [4.69, 9.17) is 5.26 Å². The molecule has 1 saturated heterocycles. The van der Waals surface area contributed by atoms with Gasteiger partial charge in [0.1, 0.15) is 12.6 Å². The van der Waals surface area contributed by atoms with Crippen molar-refractivity contribution in [2.75, 3.05) is 18.0 Å². The van der Waals surface area contributed by atoms with Gasteiger partial charge in [0, 0.05) is 25.2 Å². The van der Waals surface area contributed by atoms with Crippen LogP contribution in [0.5, 0.6) is 0 Å². The first-order valence-electron chi connectivity index (χ1n) is 8.17. The lowest BCUT2D eigenvalue weighted by Gasteiger charge is -2.42. The maximum absolute atomic E-state index is 12.1. The normalized spacial score (nSPS) is 27.8. The number of rotatable bonds is 2. The van der Waals surface area contributed by atoms with Crippen molar-refractivity contribution < 1.29 is 4.79 Å². The van der Waals surface area contributed by atoms with Crippen molar-refractivity contribution in [1.82, 2.24) is 15.3 Å². The molecule has 3 aliphatic heterocycles. The molecule has 0 spiro atoms. The zero-order valence-electron chi connectivity index (χ0n) is 13.4. The van der Waals surface area contributed by atoms with Gasteiger partial charge in [-0.25, -0.2) is 4.99 Å². The monoisotopic (exact) mass is 325 g/mol. The zero-order valence-corrected chi connectivity index (χ0v) is 13.4. The molecule has 1 aromatic heterocycles. The average molecular weight is 325 g/mol. The number of likely N-dealkylation sites (tertiary alicyclic amines) is 1. The van der Waals surface area contributed by atoms with Gasteiger partial charge in [0.05, 0.1) is 18.0 Å². The molecule has 4 rings (SSSR count).